The van der Waals surface area contributed by atoms with E-state index >= 15 is 0 Å². The molecule has 8 nitrogen and oxygen atoms in total. The zero-order valence-electron chi connectivity index (χ0n) is 19.5. The third-order valence-electron chi connectivity index (χ3n) is 4.78. The summed E-state index contributed by atoms with van der Waals surface area (Å²) < 4.78 is 12.8. The number of aromatic nitrogens is 3. The molecule has 2 aromatic carbocycles. The van der Waals surface area contributed by atoms with Crippen molar-refractivity contribution in [1.82, 2.24) is 25.4 Å². The van der Waals surface area contributed by atoms with Crippen LogP contribution < -0.4 is 15.4 Å². The predicted molar refractivity (Wildman–Crippen MR) is 141 cm³/mol. The van der Waals surface area contributed by atoms with E-state index in [2.05, 4.69) is 71.0 Å². The summed E-state index contributed by atoms with van der Waals surface area (Å²) in [6.07, 6.45) is 3.26. The van der Waals surface area contributed by atoms with Crippen molar-refractivity contribution >= 4 is 29.9 Å². The first kappa shape index (κ1) is 26.6. The summed E-state index contributed by atoms with van der Waals surface area (Å²) in [4.78, 5) is 8.75. The minimum absolute atomic E-state index is 0. The third-order valence-corrected chi connectivity index (χ3v) is 4.78. The number of ether oxygens (including phenoxy) is 2. The largest absolute Gasteiger partial charge is 0.491 e. The number of halogens is 1. The lowest BCUT2D eigenvalue weighted by Crippen LogP contribution is -2.36. The normalized spacial score (nSPS) is 11.1. The van der Waals surface area contributed by atoms with Gasteiger partial charge in [0.15, 0.2) is 5.96 Å². The zero-order valence-corrected chi connectivity index (χ0v) is 21.8. The zero-order chi connectivity index (χ0) is 22.6. The second-order valence-electron chi connectivity index (χ2n) is 7.41. The highest BCUT2D eigenvalue weighted by Crippen LogP contribution is 2.20. The predicted octanol–water partition coefficient (Wildman–Crippen LogP) is 3.53. The lowest BCUT2D eigenvalue weighted by molar-refractivity contribution is 0.145. The molecule has 0 aliphatic carbocycles. The van der Waals surface area contributed by atoms with Crippen LogP contribution in [0.15, 0.2) is 60.1 Å². The Balaban J connectivity index is 0.00000385. The Hall–Kier alpha value is -2.66. The van der Waals surface area contributed by atoms with Crippen molar-refractivity contribution in [2.24, 2.45) is 4.99 Å². The number of methoxy groups -OCH3 is 1. The van der Waals surface area contributed by atoms with Crippen molar-refractivity contribution in [3.8, 4) is 5.75 Å². The maximum absolute atomic E-state index is 5.90. The molecule has 33 heavy (non-hydrogen) atoms. The second kappa shape index (κ2) is 14.5. The molecular formula is C24H33IN6O2. The van der Waals surface area contributed by atoms with E-state index in [-0.39, 0.29) is 24.0 Å². The molecule has 1 heterocycles. The van der Waals surface area contributed by atoms with Crippen LogP contribution in [0.3, 0.4) is 0 Å². The third kappa shape index (κ3) is 9.01. The van der Waals surface area contributed by atoms with Gasteiger partial charge < -0.3 is 20.1 Å². The molecule has 0 saturated carbocycles. The highest BCUT2D eigenvalue weighted by atomic mass is 127. The smallest absolute Gasteiger partial charge is 0.191 e. The van der Waals surface area contributed by atoms with Gasteiger partial charge in [0, 0.05) is 25.8 Å². The van der Waals surface area contributed by atoms with Crippen LogP contribution >= 0.6 is 24.0 Å². The van der Waals surface area contributed by atoms with Gasteiger partial charge in [-0.2, -0.15) is 5.10 Å². The average molecular weight is 564 g/mol. The van der Waals surface area contributed by atoms with Gasteiger partial charge in [-0.1, -0.05) is 36.4 Å². The van der Waals surface area contributed by atoms with Crippen LogP contribution in [0.5, 0.6) is 5.75 Å². The molecule has 3 aromatic rings. The van der Waals surface area contributed by atoms with E-state index in [9.17, 15) is 0 Å². The summed E-state index contributed by atoms with van der Waals surface area (Å²) in [6, 6.07) is 14.6. The summed E-state index contributed by atoms with van der Waals surface area (Å²) in [7, 11) is 1.67. The Labute approximate surface area is 212 Å². The number of benzene rings is 2. The Morgan fingerprint density at radius 2 is 1.94 bits per heavy atom. The van der Waals surface area contributed by atoms with Gasteiger partial charge in [0.2, 0.25) is 0 Å². The molecule has 0 bridgehead atoms. The van der Waals surface area contributed by atoms with Crippen molar-refractivity contribution in [1.29, 1.82) is 0 Å². The van der Waals surface area contributed by atoms with Crippen LogP contribution in [-0.4, -0.2) is 47.6 Å². The number of nitrogens with zero attached hydrogens (tertiary/aromatic N) is 4. The number of aliphatic imine (C=N–C) groups is 1. The van der Waals surface area contributed by atoms with Gasteiger partial charge in [-0.05, 0) is 36.6 Å². The average Bonchev–Trinajstić information content (AvgIpc) is 3.30. The standard InChI is InChI=1S/C24H32N6O2.HI/c1-4-26-24(28-15-22-9-8-19(2)12-23(22)32-11-10-31-3)27-14-20-6-5-7-21(13-20)16-30-18-25-17-29-30;/h5-9,12-13,17-18H,4,10-11,14-16H2,1-3H3,(H2,26,27,28);1H. The summed E-state index contributed by atoms with van der Waals surface area (Å²) in [5.41, 5.74) is 4.54. The lowest BCUT2D eigenvalue weighted by atomic mass is 10.1. The highest BCUT2D eigenvalue weighted by molar-refractivity contribution is 14.0. The van der Waals surface area contributed by atoms with Crippen molar-refractivity contribution < 1.29 is 9.47 Å². The van der Waals surface area contributed by atoms with Crippen LogP contribution in [0.2, 0.25) is 0 Å². The molecular weight excluding hydrogens is 531 g/mol. The van der Waals surface area contributed by atoms with Gasteiger partial charge in [-0.3, -0.25) is 0 Å². The van der Waals surface area contributed by atoms with Crippen molar-refractivity contribution in [3.05, 3.63) is 77.4 Å². The quantitative estimate of drug-likeness (QED) is 0.161. The van der Waals surface area contributed by atoms with E-state index in [1.807, 2.05) is 10.7 Å². The Morgan fingerprint density at radius 3 is 2.70 bits per heavy atom. The van der Waals surface area contributed by atoms with Crippen molar-refractivity contribution in [2.75, 3.05) is 26.9 Å². The molecule has 0 unspecified atom stereocenters. The second-order valence-corrected chi connectivity index (χ2v) is 7.41. The fourth-order valence-electron chi connectivity index (χ4n) is 3.20. The van der Waals surface area contributed by atoms with Gasteiger partial charge in [0.1, 0.15) is 25.0 Å². The number of nitrogens with one attached hydrogen (secondary N) is 2. The van der Waals surface area contributed by atoms with Crippen LogP contribution in [0.1, 0.15) is 29.2 Å². The molecule has 0 fully saturated rings. The Kier molecular flexibility index (Phi) is 11.7. The molecule has 0 radical (unpaired) electrons. The van der Waals surface area contributed by atoms with Crippen molar-refractivity contribution in [2.45, 2.75) is 33.5 Å². The molecule has 0 amide bonds. The first-order chi connectivity index (χ1) is 15.7. The monoisotopic (exact) mass is 564 g/mol. The van der Waals surface area contributed by atoms with Crippen molar-refractivity contribution in [3.63, 3.8) is 0 Å². The fourth-order valence-corrected chi connectivity index (χ4v) is 3.20. The minimum Gasteiger partial charge on any atom is -0.491 e. The SMILES string of the molecule is CCNC(=NCc1cccc(Cn2cncn2)c1)NCc1ccc(C)cc1OCCOC.I. The van der Waals surface area contributed by atoms with Gasteiger partial charge in [-0.25, -0.2) is 14.7 Å². The molecule has 178 valence electrons. The number of aryl methyl sites for hydroxylation is 1. The van der Waals surface area contributed by atoms with Gasteiger partial charge >= 0.3 is 0 Å². The number of guanidine groups is 1. The van der Waals surface area contributed by atoms with Crippen LogP contribution in [0, 0.1) is 6.92 Å². The molecule has 0 aliphatic rings. The van der Waals surface area contributed by atoms with Gasteiger partial charge in [0.05, 0.1) is 19.7 Å². The van der Waals surface area contributed by atoms with E-state index in [0.29, 0.717) is 32.8 Å². The molecule has 9 heteroatoms. The van der Waals surface area contributed by atoms with E-state index < -0.39 is 0 Å². The van der Waals surface area contributed by atoms with Crippen LogP contribution in [-0.2, 0) is 24.4 Å². The first-order valence-electron chi connectivity index (χ1n) is 10.8. The van der Waals surface area contributed by atoms with Gasteiger partial charge in [-0.15, -0.1) is 24.0 Å². The minimum atomic E-state index is 0. The van der Waals surface area contributed by atoms with Crippen LogP contribution in [0.25, 0.3) is 0 Å². The topological polar surface area (TPSA) is 85.6 Å². The lowest BCUT2D eigenvalue weighted by Gasteiger charge is -2.15. The molecule has 1 aromatic heterocycles. The molecule has 0 atom stereocenters. The van der Waals surface area contributed by atoms with Gasteiger partial charge in [0.25, 0.3) is 0 Å². The Bertz CT molecular complexity index is 994. The highest BCUT2D eigenvalue weighted by Gasteiger charge is 2.06. The molecule has 0 spiro atoms. The summed E-state index contributed by atoms with van der Waals surface area (Å²) >= 11 is 0. The number of hydrogen-bond acceptors (Lipinski definition) is 5. The number of hydrogen-bond donors (Lipinski definition) is 2. The van der Waals surface area contributed by atoms with Crippen LogP contribution in [0.4, 0.5) is 0 Å². The molecule has 0 saturated heterocycles. The maximum Gasteiger partial charge on any atom is 0.191 e. The molecule has 2 N–H and O–H groups in total. The summed E-state index contributed by atoms with van der Waals surface area (Å²) in [6.45, 7) is 7.85. The first-order valence-corrected chi connectivity index (χ1v) is 10.8. The molecule has 3 rings (SSSR count). The van der Waals surface area contributed by atoms with E-state index in [1.165, 1.54) is 5.56 Å². The fraction of sp³-hybridized carbons (Fsp3) is 0.375. The number of rotatable bonds is 11. The maximum atomic E-state index is 5.90. The van der Waals surface area contributed by atoms with E-state index in [0.717, 1.165) is 34.9 Å². The summed E-state index contributed by atoms with van der Waals surface area (Å²) in [5.74, 6) is 1.63. The Morgan fingerprint density at radius 1 is 1.09 bits per heavy atom. The van der Waals surface area contributed by atoms with E-state index in [4.69, 9.17) is 14.5 Å². The van der Waals surface area contributed by atoms with E-state index in [1.54, 1.807) is 19.8 Å². The molecule has 0 aliphatic heterocycles. The summed E-state index contributed by atoms with van der Waals surface area (Å²) in [5, 5.41) is 10.9.